The van der Waals surface area contributed by atoms with E-state index in [2.05, 4.69) is 15.5 Å². The summed E-state index contributed by atoms with van der Waals surface area (Å²) in [5.74, 6) is -1.31. The van der Waals surface area contributed by atoms with E-state index in [9.17, 15) is 25.2 Å². The molecule has 6 N–H and O–H groups in total. The lowest BCUT2D eigenvalue weighted by Crippen LogP contribution is -2.70. The third-order valence-corrected chi connectivity index (χ3v) is 14.6. The molecule has 66 heavy (non-hydrogen) atoms. The Morgan fingerprint density at radius 1 is 0.909 bits per heavy atom. The molecule has 17 nitrogen and oxygen atoms in total. The van der Waals surface area contributed by atoms with E-state index in [1.165, 1.54) is 6.92 Å². The monoisotopic (exact) mass is 942 g/mol. The van der Waals surface area contributed by atoms with E-state index >= 15 is 0 Å². The number of carbonyl (C=O) groups excluding carboxylic acids is 1. The van der Waals surface area contributed by atoms with Crippen molar-refractivity contribution in [3.05, 3.63) is 18.2 Å². The van der Waals surface area contributed by atoms with Crippen LogP contribution in [0.5, 0.6) is 17.2 Å². The van der Waals surface area contributed by atoms with Gasteiger partial charge in [0.2, 0.25) is 0 Å². The molecule has 0 saturated carbocycles. The van der Waals surface area contributed by atoms with Gasteiger partial charge in [-0.05, 0) is 119 Å². The van der Waals surface area contributed by atoms with Crippen LogP contribution in [0.15, 0.2) is 18.2 Å². The highest BCUT2D eigenvalue weighted by molar-refractivity contribution is 5.73. The van der Waals surface area contributed by atoms with Crippen molar-refractivity contribution in [2.24, 2.45) is 17.8 Å². The second-order valence-electron chi connectivity index (χ2n) is 20.3. The number of aliphatic hydroxyl groups excluding tert-OH is 1. The first-order chi connectivity index (χ1) is 30.8. The lowest BCUT2D eigenvalue weighted by molar-refractivity contribution is -0.335. The van der Waals surface area contributed by atoms with Gasteiger partial charge in [0.05, 0.1) is 56.2 Å². The molecule has 382 valence electrons. The van der Waals surface area contributed by atoms with Crippen molar-refractivity contribution >= 4 is 5.97 Å². The zero-order valence-corrected chi connectivity index (χ0v) is 42.8. The molecule has 17 heteroatoms. The molecule has 1 aromatic carbocycles. The molecular formula is C49H87N3O14. The van der Waals surface area contributed by atoms with Crippen LogP contribution >= 0.6 is 0 Å². The number of hydrogen-bond donors (Lipinski definition) is 6. The third kappa shape index (κ3) is 12.7. The van der Waals surface area contributed by atoms with Gasteiger partial charge < -0.3 is 78.6 Å². The smallest absolute Gasteiger partial charge is 0.311 e. The molecule has 3 aliphatic rings. The maximum Gasteiger partial charge on any atom is 0.311 e. The summed E-state index contributed by atoms with van der Waals surface area (Å²) in [4.78, 5) is 16.7. The fourth-order valence-electron chi connectivity index (χ4n) is 10.3. The highest BCUT2D eigenvalue weighted by atomic mass is 16.7. The van der Waals surface area contributed by atoms with Crippen molar-refractivity contribution < 1.29 is 67.9 Å². The molecule has 0 radical (unpaired) electrons. The maximum absolute atomic E-state index is 14.6. The maximum atomic E-state index is 14.6. The molecule has 0 bridgehead atoms. The van der Waals surface area contributed by atoms with Crippen LogP contribution < -0.4 is 24.8 Å². The molecule has 0 spiro atoms. The molecule has 0 unspecified atom stereocenters. The van der Waals surface area contributed by atoms with Crippen molar-refractivity contribution in [2.75, 3.05) is 55.1 Å². The second kappa shape index (κ2) is 23.5. The van der Waals surface area contributed by atoms with Gasteiger partial charge in [-0.25, -0.2) is 0 Å². The fourth-order valence-corrected chi connectivity index (χ4v) is 10.3. The molecule has 3 saturated heterocycles. The molecule has 3 fully saturated rings. The molecular weight excluding hydrogens is 855 g/mol. The number of nitrogens with zero attached hydrogens (tertiary/aromatic N) is 1. The molecule has 0 aromatic heterocycles. The van der Waals surface area contributed by atoms with E-state index in [-0.39, 0.29) is 43.9 Å². The number of methoxy groups -OCH3 is 3. The molecule has 0 aliphatic carbocycles. The number of aliphatic hydroxyl groups is 4. The SMILES string of the molecule is CCCNC[C@]1(O)[C@H](C)O[C@@H](O[C@H]2[C@H](C)[C@@H](O[C@@H]3O[C@H](C)C[C@H](N(C)C)[C@H]3Oc3cc(OC)ccc3OC)[C@](C)(O)C[C@@H](C)CN[C@H](C)[C@@H](O)[C@](C)(O)[C@@H](CC)OC(=O)[C@@H]2C)C[C@@]1(C)OC. The summed E-state index contributed by atoms with van der Waals surface area (Å²) in [5.41, 5.74) is -6.07. The van der Waals surface area contributed by atoms with Gasteiger partial charge in [-0.2, -0.15) is 0 Å². The topological polar surface area (TPSA) is 208 Å². The number of ether oxygens (including phenoxy) is 9. The van der Waals surface area contributed by atoms with Crippen LogP contribution in [0.4, 0.5) is 0 Å². The van der Waals surface area contributed by atoms with Gasteiger partial charge in [0.15, 0.2) is 30.2 Å². The molecule has 4 rings (SSSR count). The number of esters is 1. The zero-order chi connectivity index (χ0) is 49.5. The van der Waals surface area contributed by atoms with Crippen LogP contribution in [-0.2, 0) is 33.2 Å². The van der Waals surface area contributed by atoms with Crippen LogP contribution in [0.2, 0.25) is 0 Å². The van der Waals surface area contributed by atoms with Gasteiger partial charge in [0, 0.05) is 38.1 Å². The quantitative estimate of drug-likeness (QED) is 0.108. The minimum absolute atomic E-state index is 0.0795. The molecule has 3 heterocycles. The number of rotatable bonds is 15. The molecule has 0 amide bonds. The Morgan fingerprint density at radius 2 is 1.59 bits per heavy atom. The van der Waals surface area contributed by atoms with Gasteiger partial charge >= 0.3 is 5.97 Å². The van der Waals surface area contributed by atoms with E-state index < -0.39 is 95.5 Å². The summed E-state index contributed by atoms with van der Waals surface area (Å²) < 4.78 is 57.8. The van der Waals surface area contributed by atoms with Crippen molar-refractivity contribution in [3.8, 4) is 17.2 Å². The van der Waals surface area contributed by atoms with Crippen LogP contribution in [-0.4, -0.2) is 176 Å². The van der Waals surface area contributed by atoms with Gasteiger partial charge in [-0.3, -0.25) is 4.79 Å². The van der Waals surface area contributed by atoms with E-state index in [1.54, 1.807) is 74.1 Å². The highest BCUT2D eigenvalue weighted by Crippen LogP contribution is 2.44. The first kappa shape index (κ1) is 56.2. The zero-order valence-electron chi connectivity index (χ0n) is 42.8. The minimum Gasteiger partial charge on any atom is -0.497 e. The summed E-state index contributed by atoms with van der Waals surface area (Å²) in [6, 6.07) is 4.44. The number of cyclic esters (lactones) is 1. The summed E-state index contributed by atoms with van der Waals surface area (Å²) >= 11 is 0. The Balaban J connectivity index is 1.89. The first-order valence-corrected chi connectivity index (χ1v) is 24.1. The largest absolute Gasteiger partial charge is 0.497 e. The van der Waals surface area contributed by atoms with Crippen LogP contribution in [0.1, 0.15) is 108 Å². The van der Waals surface area contributed by atoms with Gasteiger partial charge in [0.1, 0.15) is 34.8 Å². The number of carbonyl (C=O) groups is 1. The van der Waals surface area contributed by atoms with Crippen LogP contribution in [0.3, 0.4) is 0 Å². The summed E-state index contributed by atoms with van der Waals surface area (Å²) in [6.07, 6.45) is -6.58. The van der Waals surface area contributed by atoms with Crippen molar-refractivity contribution in [1.82, 2.24) is 15.5 Å². The predicted octanol–water partition coefficient (Wildman–Crippen LogP) is 4.03. The predicted molar refractivity (Wildman–Crippen MR) is 250 cm³/mol. The third-order valence-electron chi connectivity index (χ3n) is 14.6. The van der Waals surface area contributed by atoms with Gasteiger partial charge in [0.25, 0.3) is 0 Å². The molecule has 3 aliphatic heterocycles. The lowest BCUT2D eigenvalue weighted by Gasteiger charge is -2.53. The Morgan fingerprint density at radius 3 is 2.18 bits per heavy atom. The highest BCUT2D eigenvalue weighted by Gasteiger charge is 2.58. The Bertz CT molecular complexity index is 1670. The molecule has 1 aromatic rings. The second-order valence-corrected chi connectivity index (χ2v) is 20.3. The van der Waals surface area contributed by atoms with Gasteiger partial charge in [-0.15, -0.1) is 0 Å². The van der Waals surface area contributed by atoms with E-state index in [0.717, 1.165) is 6.42 Å². The van der Waals surface area contributed by atoms with Gasteiger partial charge in [-0.1, -0.05) is 27.7 Å². The number of nitrogens with one attached hydrogen (secondary N) is 2. The normalized spacial score (nSPS) is 42.2. The Hall–Kier alpha value is -2.39. The molecule has 18 atom stereocenters. The Labute approximate surface area is 394 Å². The number of hydrogen-bond acceptors (Lipinski definition) is 17. The fraction of sp³-hybridized carbons (Fsp3) is 0.857. The van der Waals surface area contributed by atoms with E-state index in [0.29, 0.717) is 36.8 Å². The average Bonchev–Trinajstić information content (AvgIpc) is 3.26. The Kier molecular flexibility index (Phi) is 20.0. The lowest BCUT2D eigenvalue weighted by atomic mass is 9.75. The summed E-state index contributed by atoms with van der Waals surface area (Å²) in [6.45, 7) is 21.1. The van der Waals surface area contributed by atoms with Crippen molar-refractivity contribution in [3.63, 3.8) is 0 Å². The van der Waals surface area contributed by atoms with Crippen molar-refractivity contribution in [2.45, 2.75) is 198 Å². The number of benzene rings is 1. The first-order valence-electron chi connectivity index (χ1n) is 24.1. The van der Waals surface area contributed by atoms with Crippen molar-refractivity contribution in [1.29, 1.82) is 0 Å². The minimum atomic E-state index is -1.84. The summed E-state index contributed by atoms with van der Waals surface area (Å²) in [5, 5.41) is 55.2. The van der Waals surface area contributed by atoms with E-state index in [4.69, 9.17) is 42.6 Å². The van der Waals surface area contributed by atoms with Crippen LogP contribution in [0.25, 0.3) is 0 Å². The van der Waals surface area contributed by atoms with Crippen LogP contribution in [0, 0.1) is 17.8 Å². The van der Waals surface area contributed by atoms with E-state index in [1.807, 2.05) is 48.7 Å². The average molecular weight is 942 g/mol. The number of likely N-dealkylation sites (N-methyl/N-ethyl adjacent to an activating group) is 1. The standard InChI is InChI=1S/C49H87N3O14/c1-17-21-50-27-49(57)33(8)62-39(25-47(49,10)60-16)65-40-30(5)43(46(9,55)24-28(3)26-51-32(7)42(53)48(11,56)38(18-2)64-44(54)31(40)6)66-45-41(35(52(12)13)22-29(4)61-45)63-37-23-34(58-14)19-20-36(37)59-15/h19-20,23,28-33,35,38-43,45,50-51,53,55-57H,17-18,21-22,24-27H2,1-16H3/t28-,29-,30+,31-,32-,33+,35+,38-,39+,40+,41-,42-,43-,45+,46-,47-,48-,49+/m1/s1. The summed E-state index contributed by atoms with van der Waals surface area (Å²) in [7, 11) is 8.61.